The second-order valence-electron chi connectivity index (χ2n) is 7.65. The number of piperazine rings is 1. The van der Waals surface area contributed by atoms with Gasteiger partial charge in [-0.25, -0.2) is 9.97 Å². The predicted octanol–water partition coefficient (Wildman–Crippen LogP) is 0.786. The number of anilines is 1. The Bertz CT molecular complexity index is 661. The number of morpholine rings is 1. The number of carbonyl (C=O) groups excluding carboxylic acids is 1. The lowest BCUT2D eigenvalue weighted by Gasteiger charge is -2.48. The first-order valence-electron chi connectivity index (χ1n) is 9.18. The molecule has 3 heterocycles. The van der Waals surface area contributed by atoms with Crippen molar-refractivity contribution in [2.75, 3.05) is 51.8 Å². The molecule has 0 unspecified atom stereocenters. The summed E-state index contributed by atoms with van der Waals surface area (Å²) in [6.07, 6.45) is 4.32. The Morgan fingerprint density at radius 3 is 2.76 bits per heavy atom. The second-order valence-corrected chi connectivity index (χ2v) is 7.65. The number of carbonyl (C=O) groups is 1. The molecule has 0 bridgehead atoms. The minimum Gasteiger partial charge on any atom is -0.378 e. The van der Waals surface area contributed by atoms with E-state index in [2.05, 4.69) is 14.9 Å². The van der Waals surface area contributed by atoms with Gasteiger partial charge in [-0.05, 0) is 25.7 Å². The number of amides is 1. The summed E-state index contributed by atoms with van der Waals surface area (Å²) in [5.41, 5.74) is 1.34. The lowest BCUT2D eigenvalue weighted by molar-refractivity contribution is -0.0816. The fourth-order valence-corrected chi connectivity index (χ4v) is 4.00. The smallest absolute Gasteiger partial charge is 0.257 e. The van der Waals surface area contributed by atoms with Gasteiger partial charge in [-0.1, -0.05) is 0 Å². The van der Waals surface area contributed by atoms with E-state index in [4.69, 9.17) is 4.74 Å². The first-order valence-corrected chi connectivity index (χ1v) is 9.18. The zero-order chi connectivity index (χ0) is 17.6. The van der Waals surface area contributed by atoms with E-state index in [1.807, 2.05) is 30.8 Å². The Labute approximate surface area is 149 Å². The molecule has 7 heteroatoms. The normalized spacial score (nSPS) is 27.1. The van der Waals surface area contributed by atoms with Gasteiger partial charge in [0.05, 0.1) is 30.5 Å². The highest BCUT2D eigenvalue weighted by Crippen LogP contribution is 2.38. The van der Waals surface area contributed by atoms with Crippen LogP contribution in [0.1, 0.15) is 28.9 Å². The van der Waals surface area contributed by atoms with Crippen LogP contribution in [0.4, 0.5) is 5.95 Å². The number of ether oxygens (including phenoxy) is 1. The van der Waals surface area contributed by atoms with Crippen molar-refractivity contribution in [3.05, 3.63) is 17.5 Å². The summed E-state index contributed by atoms with van der Waals surface area (Å²) in [4.78, 5) is 28.1. The summed E-state index contributed by atoms with van der Waals surface area (Å²) in [7, 11) is 3.80. The molecule has 1 amide bonds. The number of hydrogen-bond acceptors (Lipinski definition) is 6. The molecule has 0 aromatic carbocycles. The molecule has 4 rings (SSSR count). The molecular formula is C18H27N5O2. The van der Waals surface area contributed by atoms with Crippen molar-refractivity contribution >= 4 is 11.9 Å². The molecule has 2 aliphatic heterocycles. The van der Waals surface area contributed by atoms with Crippen LogP contribution in [0.15, 0.2) is 6.20 Å². The van der Waals surface area contributed by atoms with Crippen LogP contribution >= 0.6 is 0 Å². The van der Waals surface area contributed by atoms with Crippen LogP contribution in [0.2, 0.25) is 0 Å². The maximum atomic E-state index is 13.0. The topological polar surface area (TPSA) is 61.8 Å². The van der Waals surface area contributed by atoms with Crippen LogP contribution in [0.25, 0.3) is 0 Å². The fraction of sp³-hybridized carbons (Fsp3) is 0.722. The van der Waals surface area contributed by atoms with E-state index >= 15 is 0 Å². The third-order valence-electron chi connectivity index (χ3n) is 5.60. The van der Waals surface area contributed by atoms with E-state index < -0.39 is 0 Å². The van der Waals surface area contributed by atoms with Crippen molar-refractivity contribution in [3.8, 4) is 0 Å². The third-order valence-corrected chi connectivity index (χ3v) is 5.60. The molecule has 0 radical (unpaired) electrons. The van der Waals surface area contributed by atoms with Crippen LogP contribution in [-0.4, -0.2) is 84.7 Å². The lowest BCUT2D eigenvalue weighted by atomic mass is 10.0. The van der Waals surface area contributed by atoms with E-state index in [0.717, 1.165) is 44.5 Å². The molecule has 1 aliphatic carbocycles. The highest BCUT2D eigenvalue weighted by Gasteiger charge is 2.43. The van der Waals surface area contributed by atoms with Gasteiger partial charge in [-0.15, -0.1) is 0 Å². The number of fused-ring (bicyclic) bond motifs is 1. The van der Waals surface area contributed by atoms with Crippen molar-refractivity contribution < 1.29 is 9.53 Å². The van der Waals surface area contributed by atoms with Crippen LogP contribution < -0.4 is 4.90 Å². The van der Waals surface area contributed by atoms with E-state index in [1.54, 1.807) is 6.20 Å². The Balaban J connectivity index is 1.47. The standard InChI is InChI=1S/C18H27N5O2/c1-12-15(8-19-18(20-12)21(2)3)17(24)22-6-7-23-14(9-22)10-25-11-16(23)13-4-5-13/h8,13-14,16H,4-7,9-11H2,1-3H3/t14-,16-/m1/s1. The number of nitrogens with zero attached hydrogens (tertiary/aromatic N) is 5. The van der Waals surface area contributed by atoms with E-state index in [9.17, 15) is 4.79 Å². The maximum absolute atomic E-state index is 13.0. The van der Waals surface area contributed by atoms with Crippen LogP contribution in [0, 0.1) is 12.8 Å². The number of rotatable bonds is 3. The fourth-order valence-electron chi connectivity index (χ4n) is 4.00. The van der Waals surface area contributed by atoms with Crippen LogP contribution in [0.5, 0.6) is 0 Å². The van der Waals surface area contributed by atoms with Gasteiger partial charge in [0, 0.05) is 46.0 Å². The molecular weight excluding hydrogens is 318 g/mol. The second kappa shape index (κ2) is 6.53. The SMILES string of the molecule is Cc1nc(N(C)C)ncc1C(=O)N1CCN2[C@@H](COC[C@@H]2C2CC2)C1. The quantitative estimate of drug-likeness (QED) is 0.807. The van der Waals surface area contributed by atoms with Gasteiger partial charge >= 0.3 is 0 Å². The summed E-state index contributed by atoms with van der Waals surface area (Å²) in [5, 5.41) is 0. The molecule has 1 aromatic heterocycles. The number of aromatic nitrogens is 2. The number of aryl methyl sites for hydroxylation is 1. The van der Waals surface area contributed by atoms with Crippen molar-refractivity contribution in [1.29, 1.82) is 0 Å². The van der Waals surface area contributed by atoms with Gasteiger partial charge in [0.25, 0.3) is 5.91 Å². The van der Waals surface area contributed by atoms with Gasteiger partial charge in [0.1, 0.15) is 0 Å². The third kappa shape index (κ3) is 3.22. The largest absolute Gasteiger partial charge is 0.378 e. The monoisotopic (exact) mass is 345 g/mol. The summed E-state index contributed by atoms with van der Waals surface area (Å²) in [6, 6.07) is 0.875. The average molecular weight is 345 g/mol. The summed E-state index contributed by atoms with van der Waals surface area (Å²) in [6.45, 7) is 5.90. The minimum atomic E-state index is 0.0380. The van der Waals surface area contributed by atoms with E-state index in [-0.39, 0.29) is 5.91 Å². The van der Waals surface area contributed by atoms with Crippen LogP contribution in [0.3, 0.4) is 0 Å². The first-order chi connectivity index (χ1) is 12.0. The molecule has 7 nitrogen and oxygen atoms in total. The summed E-state index contributed by atoms with van der Waals surface area (Å²) in [5.74, 6) is 1.47. The van der Waals surface area contributed by atoms with Crippen molar-refractivity contribution in [2.24, 2.45) is 5.92 Å². The molecule has 0 spiro atoms. The predicted molar refractivity (Wildman–Crippen MR) is 94.8 cm³/mol. The maximum Gasteiger partial charge on any atom is 0.257 e. The molecule has 0 N–H and O–H groups in total. The van der Waals surface area contributed by atoms with Crippen molar-refractivity contribution in [3.63, 3.8) is 0 Å². The van der Waals surface area contributed by atoms with Gasteiger partial charge in [-0.3, -0.25) is 9.69 Å². The Morgan fingerprint density at radius 1 is 1.28 bits per heavy atom. The number of hydrogen-bond donors (Lipinski definition) is 0. The van der Waals surface area contributed by atoms with Gasteiger partial charge in [-0.2, -0.15) is 0 Å². The van der Waals surface area contributed by atoms with Crippen LogP contribution in [-0.2, 0) is 4.74 Å². The molecule has 3 aliphatic rings. The minimum absolute atomic E-state index is 0.0380. The summed E-state index contributed by atoms with van der Waals surface area (Å²) < 4.78 is 5.84. The van der Waals surface area contributed by atoms with Crippen molar-refractivity contribution in [2.45, 2.75) is 31.8 Å². The molecule has 136 valence electrons. The Hall–Kier alpha value is -1.73. The Morgan fingerprint density at radius 2 is 2.08 bits per heavy atom. The Kier molecular flexibility index (Phi) is 4.37. The summed E-state index contributed by atoms with van der Waals surface area (Å²) >= 11 is 0. The zero-order valence-corrected chi connectivity index (χ0v) is 15.3. The molecule has 1 aromatic rings. The highest BCUT2D eigenvalue weighted by atomic mass is 16.5. The molecule has 3 fully saturated rings. The molecule has 2 saturated heterocycles. The van der Waals surface area contributed by atoms with Gasteiger partial charge in [0.15, 0.2) is 0 Å². The lowest BCUT2D eigenvalue weighted by Crippen LogP contribution is -2.63. The van der Waals surface area contributed by atoms with E-state index in [1.165, 1.54) is 12.8 Å². The molecule has 1 saturated carbocycles. The van der Waals surface area contributed by atoms with Gasteiger partial charge in [0.2, 0.25) is 5.95 Å². The molecule has 25 heavy (non-hydrogen) atoms. The molecule has 2 atom stereocenters. The first kappa shape index (κ1) is 16.7. The van der Waals surface area contributed by atoms with E-state index in [0.29, 0.717) is 23.6 Å². The average Bonchev–Trinajstić information content (AvgIpc) is 3.45. The zero-order valence-electron chi connectivity index (χ0n) is 15.3. The highest BCUT2D eigenvalue weighted by molar-refractivity contribution is 5.95. The van der Waals surface area contributed by atoms with Crippen molar-refractivity contribution in [1.82, 2.24) is 19.8 Å². The van der Waals surface area contributed by atoms with Gasteiger partial charge < -0.3 is 14.5 Å².